The number of methoxy groups -OCH3 is 2. The van der Waals surface area contributed by atoms with Gasteiger partial charge in [-0.3, -0.25) is 14.4 Å². The quantitative estimate of drug-likeness (QED) is 0.114. The first-order chi connectivity index (χ1) is 20.1. The Morgan fingerprint density at radius 3 is 1.83 bits per heavy atom. The molecule has 0 aliphatic rings. The van der Waals surface area contributed by atoms with Crippen molar-refractivity contribution in [1.82, 2.24) is 0 Å². The Balaban J connectivity index is 0.000000978. The number of esters is 2. The molecule has 0 fully saturated rings. The SMILES string of the molecule is C=C(C)C(=O)Oc1ccc(-c2ccc(OC(=O)CCc3ccc(OC)c(OC)c3)c(F)c2)cc1.C=CC=O.C=CC=O. The number of ether oxygens (including phenoxy) is 4. The number of rotatable bonds is 11. The van der Waals surface area contributed by atoms with E-state index in [2.05, 4.69) is 19.7 Å². The third-order valence-corrected chi connectivity index (χ3v) is 5.16. The fraction of sp³-hybridized carbons (Fsp3) is 0.152. The normalized spacial score (nSPS) is 9.33. The minimum atomic E-state index is -0.658. The van der Waals surface area contributed by atoms with Crippen molar-refractivity contribution in [1.29, 1.82) is 0 Å². The van der Waals surface area contributed by atoms with Gasteiger partial charge in [-0.1, -0.05) is 44.0 Å². The van der Waals surface area contributed by atoms with Crippen molar-refractivity contribution in [3.05, 3.63) is 110 Å². The molecule has 0 saturated carbocycles. The second-order valence-electron chi connectivity index (χ2n) is 8.25. The summed E-state index contributed by atoms with van der Waals surface area (Å²) in [4.78, 5) is 42.0. The highest BCUT2D eigenvalue weighted by Gasteiger charge is 2.13. The summed E-state index contributed by atoms with van der Waals surface area (Å²) >= 11 is 0. The molecule has 0 atom stereocenters. The largest absolute Gasteiger partial charge is 0.493 e. The molecule has 0 aromatic heterocycles. The Morgan fingerprint density at radius 2 is 1.33 bits per heavy atom. The number of allylic oxidation sites excluding steroid dienone is 2. The fourth-order valence-corrected chi connectivity index (χ4v) is 3.13. The number of carbonyl (C=O) groups is 4. The van der Waals surface area contributed by atoms with Crippen LogP contribution in [0, 0.1) is 5.82 Å². The average molecular weight is 577 g/mol. The average Bonchev–Trinajstić information content (AvgIpc) is 3.01. The number of halogens is 1. The summed E-state index contributed by atoms with van der Waals surface area (Å²) in [5.41, 5.74) is 2.45. The van der Waals surface area contributed by atoms with Gasteiger partial charge in [-0.2, -0.15) is 0 Å². The lowest BCUT2D eigenvalue weighted by Gasteiger charge is -2.10. The number of aldehydes is 2. The minimum Gasteiger partial charge on any atom is -0.493 e. The van der Waals surface area contributed by atoms with Gasteiger partial charge in [-0.05, 0) is 78.6 Å². The van der Waals surface area contributed by atoms with Crippen molar-refractivity contribution in [2.24, 2.45) is 0 Å². The number of carbonyl (C=O) groups excluding carboxylic acids is 4. The molecule has 3 aromatic carbocycles. The van der Waals surface area contributed by atoms with Gasteiger partial charge in [0.25, 0.3) is 0 Å². The molecular weight excluding hydrogens is 543 g/mol. The van der Waals surface area contributed by atoms with Crippen LogP contribution in [0.2, 0.25) is 0 Å². The Bertz CT molecular complexity index is 1370. The zero-order valence-electron chi connectivity index (χ0n) is 23.8. The highest BCUT2D eigenvalue weighted by atomic mass is 19.1. The molecule has 42 heavy (non-hydrogen) atoms. The third-order valence-electron chi connectivity index (χ3n) is 5.16. The first kappa shape index (κ1) is 34.7. The van der Waals surface area contributed by atoms with Crippen LogP contribution >= 0.6 is 0 Å². The van der Waals surface area contributed by atoms with E-state index in [1.807, 2.05) is 6.07 Å². The zero-order chi connectivity index (χ0) is 31.5. The smallest absolute Gasteiger partial charge is 0.338 e. The maximum Gasteiger partial charge on any atom is 0.338 e. The van der Waals surface area contributed by atoms with Gasteiger partial charge < -0.3 is 18.9 Å². The van der Waals surface area contributed by atoms with Crippen LogP contribution in [0.15, 0.2) is 98.1 Å². The summed E-state index contributed by atoms with van der Waals surface area (Å²) in [6.45, 7) is 11.3. The number of hydrogen-bond acceptors (Lipinski definition) is 8. The summed E-state index contributed by atoms with van der Waals surface area (Å²) < 4.78 is 35.4. The standard InChI is InChI=1S/C27H25FO6.2C3H4O/c1-17(2)27(30)33-21-10-7-19(8-11-21)20-9-13-23(22(28)16-20)34-26(29)14-6-18-5-12-24(31-3)25(15-18)32-4;2*1-2-3-4/h5,7-13,15-16H,1,6,14H2,2-4H3;2*2-3H,1H2. The van der Waals surface area contributed by atoms with E-state index in [0.717, 1.165) is 5.56 Å². The Hall–Kier alpha value is -5.31. The van der Waals surface area contributed by atoms with Crippen molar-refractivity contribution < 1.29 is 42.5 Å². The fourth-order valence-electron chi connectivity index (χ4n) is 3.13. The number of hydrogen-bond donors (Lipinski definition) is 0. The summed E-state index contributed by atoms with van der Waals surface area (Å²) in [5.74, 6) is -0.350. The van der Waals surface area contributed by atoms with Crippen LogP contribution in [-0.2, 0) is 25.6 Å². The van der Waals surface area contributed by atoms with Crippen molar-refractivity contribution in [2.75, 3.05) is 14.2 Å². The van der Waals surface area contributed by atoms with Gasteiger partial charge in [0.15, 0.2) is 23.1 Å². The van der Waals surface area contributed by atoms with Crippen LogP contribution in [0.3, 0.4) is 0 Å². The third kappa shape index (κ3) is 11.8. The van der Waals surface area contributed by atoms with Gasteiger partial charge in [0.1, 0.15) is 18.3 Å². The van der Waals surface area contributed by atoms with E-state index in [-0.39, 0.29) is 12.2 Å². The molecule has 0 unspecified atom stereocenters. The minimum absolute atomic E-state index is 0.0705. The predicted molar refractivity (Wildman–Crippen MR) is 158 cm³/mol. The first-order valence-electron chi connectivity index (χ1n) is 12.5. The molecule has 3 rings (SSSR count). The summed E-state index contributed by atoms with van der Waals surface area (Å²) in [7, 11) is 3.08. The van der Waals surface area contributed by atoms with Gasteiger partial charge in [-0.15, -0.1) is 0 Å². The molecule has 8 nitrogen and oxygen atoms in total. The van der Waals surface area contributed by atoms with Crippen molar-refractivity contribution in [2.45, 2.75) is 19.8 Å². The molecule has 0 spiro atoms. The predicted octanol–water partition coefficient (Wildman–Crippen LogP) is 6.27. The molecule has 0 amide bonds. The van der Waals surface area contributed by atoms with E-state index < -0.39 is 17.8 Å². The molecule has 0 saturated heterocycles. The zero-order valence-corrected chi connectivity index (χ0v) is 23.8. The molecule has 0 radical (unpaired) electrons. The molecular formula is C33H33FO8. The maximum absolute atomic E-state index is 14.6. The molecule has 3 aromatic rings. The van der Waals surface area contributed by atoms with E-state index >= 15 is 0 Å². The van der Waals surface area contributed by atoms with Crippen molar-refractivity contribution in [3.63, 3.8) is 0 Å². The Kier molecular flexibility index (Phi) is 15.6. The highest BCUT2D eigenvalue weighted by Crippen LogP contribution is 2.29. The van der Waals surface area contributed by atoms with Gasteiger partial charge in [0, 0.05) is 12.0 Å². The lowest BCUT2D eigenvalue weighted by molar-refractivity contribution is -0.134. The van der Waals surface area contributed by atoms with Crippen molar-refractivity contribution in [3.8, 4) is 34.1 Å². The van der Waals surface area contributed by atoms with Gasteiger partial charge in [0.05, 0.1) is 14.2 Å². The van der Waals surface area contributed by atoms with Crippen LogP contribution in [0.1, 0.15) is 18.9 Å². The first-order valence-corrected chi connectivity index (χ1v) is 12.5. The highest BCUT2D eigenvalue weighted by molar-refractivity contribution is 5.88. The maximum atomic E-state index is 14.6. The summed E-state index contributed by atoms with van der Waals surface area (Å²) in [5, 5.41) is 0. The topological polar surface area (TPSA) is 105 Å². The van der Waals surface area contributed by atoms with Crippen LogP contribution in [0.4, 0.5) is 4.39 Å². The Labute approximate surface area is 244 Å². The van der Waals surface area contributed by atoms with Gasteiger partial charge >= 0.3 is 11.9 Å². The summed E-state index contributed by atoms with van der Waals surface area (Å²) in [6, 6.07) is 16.3. The molecule has 0 N–H and O–H groups in total. The van der Waals surface area contributed by atoms with Gasteiger partial charge in [-0.25, -0.2) is 9.18 Å². The van der Waals surface area contributed by atoms with E-state index in [4.69, 9.17) is 28.5 Å². The molecule has 0 aliphatic carbocycles. The number of aryl methyl sites for hydroxylation is 1. The second kappa shape index (κ2) is 18.9. The molecule has 0 heterocycles. The van der Waals surface area contributed by atoms with E-state index in [1.54, 1.807) is 56.5 Å². The van der Waals surface area contributed by atoms with Crippen LogP contribution < -0.4 is 18.9 Å². The van der Waals surface area contributed by atoms with Gasteiger partial charge in [0.2, 0.25) is 0 Å². The summed E-state index contributed by atoms with van der Waals surface area (Å²) in [6.07, 6.45) is 4.14. The van der Waals surface area contributed by atoms with Crippen molar-refractivity contribution >= 4 is 24.5 Å². The molecule has 0 bridgehead atoms. The van der Waals surface area contributed by atoms with E-state index in [9.17, 15) is 14.0 Å². The van der Waals surface area contributed by atoms with E-state index in [0.29, 0.717) is 52.9 Å². The molecule has 0 aliphatic heterocycles. The van der Waals surface area contributed by atoms with Crippen LogP contribution in [-0.4, -0.2) is 38.7 Å². The molecule has 220 valence electrons. The second-order valence-corrected chi connectivity index (χ2v) is 8.25. The van der Waals surface area contributed by atoms with Crippen LogP contribution in [0.5, 0.6) is 23.0 Å². The lowest BCUT2D eigenvalue weighted by Crippen LogP contribution is -2.10. The Morgan fingerprint density at radius 1 is 0.786 bits per heavy atom. The molecule has 9 heteroatoms. The number of benzene rings is 3. The lowest BCUT2D eigenvalue weighted by atomic mass is 10.1. The van der Waals surface area contributed by atoms with E-state index in [1.165, 1.54) is 31.4 Å². The van der Waals surface area contributed by atoms with Crippen LogP contribution in [0.25, 0.3) is 11.1 Å². The monoisotopic (exact) mass is 576 g/mol.